The number of benzene rings is 11. The molecule has 0 atom stereocenters. The molecule has 0 radical (unpaired) electrons. The normalized spacial score (nSPS) is 13.9. The molecule has 1 heterocycles. The molecule has 0 bridgehead atoms. The van der Waals surface area contributed by atoms with Gasteiger partial charge in [-0.2, -0.15) is 0 Å². The Morgan fingerprint density at radius 3 is 1.65 bits per heavy atom. The Morgan fingerprint density at radius 1 is 0.354 bits per heavy atom. The summed E-state index contributed by atoms with van der Waals surface area (Å²) in [7, 11) is -2.93. The molecule has 1 nitrogen and oxygen atoms in total. The summed E-state index contributed by atoms with van der Waals surface area (Å²) in [4.78, 5) is 2.55. The zero-order valence-electron chi connectivity index (χ0n) is 36.5. The van der Waals surface area contributed by atoms with Crippen LogP contribution in [0.2, 0.25) is 0 Å². The zero-order chi connectivity index (χ0) is 43.3. The lowest BCUT2D eigenvalue weighted by molar-refractivity contribution is 0.661. The molecule has 13 rings (SSSR count). The molecule has 0 unspecified atom stereocenters. The lowest BCUT2D eigenvalue weighted by Gasteiger charge is -2.33. The molecule has 0 spiro atoms. The first-order valence-electron chi connectivity index (χ1n) is 22.8. The van der Waals surface area contributed by atoms with Crippen molar-refractivity contribution >= 4 is 78.2 Å². The molecule has 11 aromatic rings. The zero-order valence-corrected chi connectivity index (χ0v) is 37.5. The molecule has 1 aliphatic heterocycles. The van der Waals surface area contributed by atoms with Gasteiger partial charge in [-0.05, 0) is 122 Å². The van der Waals surface area contributed by atoms with E-state index in [1.807, 2.05) is 0 Å². The van der Waals surface area contributed by atoms with E-state index in [0.717, 1.165) is 11.4 Å². The van der Waals surface area contributed by atoms with Crippen LogP contribution in [0.15, 0.2) is 237 Å². The van der Waals surface area contributed by atoms with E-state index in [-0.39, 0.29) is 5.41 Å². The number of anilines is 3. The van der Waals surface area contributed by atoms with Gasteiger partial charge in [0, 0.05) is 22.4 Å². The fourth-order valence-electron chi connectivity index (χ4n) is 11.6. The summed E-state index contributed by atoms with van der Waals surface area (Å²) < 4.78 is 0. The van der Waals surface area contributed by atoms with E-state index in [9.17, 15) is 0 Å². The predicted octanol–water partition coefficient (Wildman–Crippen LogP) is 13.9. The van der Waals surface area contributed by atoms with E-state index in [0.29, 0.717) is 0 Å². The summed E-state index contributed by atoms with van der Waals surface area (Å²) in [5.41, 5.74) is 13.8. The third kappa shape index (κ3) is 5.57. The van der Waals surface area contributed by atoms with Crippen molar-refractivity contribution in [2.75, 3.05) is 4.90 Å². The second-order valence-corrected chi connectivity index (χ2v) is 22.2. The van der Waals surface area contributed by atoms with Gasteiger partial charge in [-0.15, -0.1) is 0 Å². The largest absolute Gasteiger partial charge is 0.310 e. The lowest BCUT2D eigenvalue weighted by Crippen LogP contribution is -2.72. The molecule has 2 aliphatic rings. The van der Waals surface area contributed by atoms with Gasteiger partial charge in [0.05, 0.1) is 5.69 Å². The Bertz CT molecular complexity index is 3620. The highest BCUT2D eigenvalue weighted by Gasteiger charge is 2.50. The first-order chi connectivity index (χ1) is 32.0. The minimum atomic E-state index is -2.93. The number of fused-ring (bicyclic) bond motifs is 10. The third-order valence-electron chi connectivity index (χ3n) is 14.7. The molecule has 0 saturated heterocycles. The van der Waals surface area contributed by atoms with E-state index in [1.54, 1.807) is 0 Å². The molecule has 0 aromatic heterocycles. The van der Waals surface area contributed by atoms with E-state index in [4.69, 9.17) is 0 Å². The van der Waals surface area contributed by atoms with Crippen molar-refractivity contribution in [3.63, 3.8) is 0 Å². The van der Waals surface area contributed by atoms with E-state index in [1.165, 1.54) is 103 Å². The molecule has 0 N–H and O–H groups in total. The Labute approximate surface area is 381 Å². The van der Waals surface area contributed by atoms with Crippen molar-refractivity contribution in [3.8, 4) is 33.4 Å². The molecule has 2 heteroatoms. The highest BCUT2D eigenvalue weighted by molar-refractivity contribution is 7.22. The Morgan fingerprint density at radius 2 is 0.923 bits per heavy atom. The molecular formula is C63H45NSi. The fraction of sp³-hybridized carbons (Fsp3) is 0.0476. The topological polar surface area (TPSA) is 3.24 Å². The molecule has 1 aliphatic carbocycles. The Kier molecular flexibility index (Phi) is 8.34. The molecule has 0 fully saturated rings. The molecular weight excluding hydrogens is 799 g/mol. The summed E-state index contributed by atoms with van der Waals surface area (Å²) in [5, 5.41) is 13.3. The summed E-state index contributed by atoms with van der Waals surface area (Å²) in [6.07, 6.45) is 0. The van der Waals surface area contributed by atoms with Crippen molar-refractivity contribution in [3.05, 3.63) is 248 Å². The lowest BCUT2D eigenvalue weighted by atomic mass is 9.82. The van der Waals surface area contributed by atoms with Crippen molar-refractivity contribution in [1.82, 2.24) is 0 Å². The van der Waals surface area contributed by atoms with Crippen LogP contribution in [0.25, 0.3) is 65.7 Å². The minimum absolute atomic E-state index is 0.187. The van der Waals surface area contributed by atoms with Crippen LogP contribution in [0, 0.1) is 0 Å². The number of nitrogens with zero attached hydrogens (tertiary/aromatic N) is 1. The molecule has 306 valence electrons. The van der Waals surface area contributed by atoms with Crippen LogP contribution in [-0.2, 0) is 5.41 Å². The van der Waals surface area contributed by atoms with Crippen molar-refractivity contribution in [2.24, 2.45) is 0 Å². The fourth-order valence-corrected chi connectivity index (χ4v) is 16.8. The first-order valence-corrected chi connectivity index (χ1v) is 24.8. The predicted molar refractivity (Wildman–Crippen MR) is 279 cm³/mol. The average Bonchev–Trinajstić information content (AvgIpc) is 3.80. The van der Waals surface area contributed by atoms with Crippen LogP contribution in [0.1, 0.15) is 25.0 Å². The van der Waals surface area contributed by atoms with Crippen molar-refractivity contribution < 1.29 is 0 Å². The van der Waals surface area contributed by atoms with Crippen LogP contribution in [0.3, 0.4) is 0 Å². The number of hydrogen-bond acceptors (Lipinski definition) is 1. The van der Waals surface area contributed by atoms with Crippen LogP contribution in [-0.4, -0.2) is 8.07 Å². The second kappa shape index (κ2) is 14.4. The molecule has 0 amide bonds. The molecule has 0 saturated carbocycles. The smallest absolute Gasteiger partial charge is 0.180 e. The van der Waals surface area contributed by atoms with Gasteiger partial charge in [0.25, 0.3) is 0 Å². The van der Waals surface area contributed by atoms with Crippen LogP contribution in [0.5, 0.6) is 0 Å². The Hall–Kier alpha value is -7.78. The molecule has 11 aromatic carbocycles. The van der Waals surface area contributed by atoms with E-state index < -0.39 is 8.07 Å². The van der Waals surface area contributed by atoms with Gasteiger partial charge in [-0.3, -0.25) is 0 Å². The van der Waals surface area contributed by atoms with Gasteiger partial charge in [0.2, 0.25) is 0 Å². The van der Waals surface area contributed by atoms with Crippen molar-refractivity contribution in [1.29, 1.82) is 0 Å². The van der Waals surface area contributed by atoms with Gasteiger partial charge in [-0.25, -0.2) is 0 Å². The second-order valence-electron chi connectivity index (χ2n) is 18.4. The standard InChI is InChI=1S/C63H45NSi/c1-63(2)56-38-31-46-19-10-11-22-53(46)61(56)54-37-34-50(41-57(54)63)64(49-32-27-45(28-33-49)42-15-4-3-5-16-42)58-24-14-26-60-62(58)55-23-12-13-25-59(55)65(60,51-35-29-43-17-6-8-20-47(43)39-51)52-36-30-44-18-7-9-21-48(44)40-52/h3-41H,1-2H3. The Balaban J connectivity index is 1.09. The van der Waals surface area contributed by atoms with E-state index in [2.05, 4.69) is 255 Å². The van der Waals surface area contributed by atoms with Crippen LogP contribution in [0.4, 0.5) is 17.1 Å². The maximum Gasteiger partial charge on any atom is 0.180 e. The highest BCUT2D eigenvalue weighted by Crippen LogP contribution is 2.53. The minimum Gasteiger partial charge on any atom is -0.310 e. The van der Waals surface area contributed by atoms with Gasteiger partial charge < -0.3 is 4.90 Å². The first kappa shape index (κ1) is 37.7. The third-order valence-corrected chi connectivity index (χ3v) is 19.5. The van der Waals surface area contributed by atoms with Crippen molar-refractivity contribution in [2.45, 2.75) is 19.3 Å². The summed E-state index contributed by atoms with van der Waals surface area (Å²) >= 11 is 0. The highest BCUT2D eigenvalue weighted by atomic mass is 28.3. The quantitative estimate of drug-likeness (QED) is 0.151. The maximum atomic E-state index is 2.55. The van der Waals surface area contributed by atoms with Crippen LogP contribution < -0.4 is 25.6 Å². The SMILES string of the molecule is CC1(C)c2cc(N(c3ccc(-c4ccccc4)cc3)c3cccc4c3-c3ccccc3[Si]4(c3ccc4ccccc4c3)c3ccc4ccccc4c3)ccc2-c2c1ccc1ccccc21. The summed E-state index contributed by atoms with van der Waals surface area (Å²) in [6, 6.07) is 89.4. The van der Waals surface area contributed by atoms with Gasteiger partial charge in [0.15, 0.2) is 8.07 Å². The summed E-state index contributed by atoms with van der Waals surface area (Å²) in [6.45, 7) is 4.80. The maximum absolute atomic E-state index is 2.93. The van der Waals surface area contributed by atoms with Gasteiger partial charge >= 0.3 is 0 Å². The summed E-state index contributed by atoms with van der Waals surface area (Å²) in [5.74, 6) is 0. The van der Waals surface area contributed by atoms with E-state index >= 15 is 0 Å². The number of hydrogen-bond donors (Lipinski definition) is 0. The monoisotopic (exact) mass is 843 g/mol. The number of rotatable bonds is 6. The molecule has 65 heavy (non-hydrogen) atoms. The average molecular weight is 844 g/mol. The van der Waals surface area contributed by atoms with Crippen LogP contribution >= 0.6 is 0 Å². The van der Waals surface area contributed by atoms with Gasteiger partial charge in [0.1, 0.15) is 0 Å². The van der Waals surface area contributed by atoms with Gasteiger partial charge in [-0.1, -0.05) is 220 Å².